The highest BCUT2D eigenvalue weighted by Gasteiger charge is 2.46. The van der Waals surface area contributed by atoms with E-state index in [1.165, 1.54) is 0 Å². The van der Waals surface area contributed by atoms with Gasteiger partial charge < -0.3 is 4.74 Å². The second-order valence-corrected chi connectivity index (χ2v) is 6.71. The summed E-state index contributed by atoms with van der Waals surface area (Å²) in [5, 5.41) is 0. The van der Waals surface area contributed by atoms with Crippen LogP contribution >= 0.6 is 0 Å². The molecule has 3 aromatic carbocycles. The second kappa shape index (κ2) is 9.14. The van der Waals surface area contributed by atoms with Crippen LogP contribution in [0, 0.1) is 0 Å². The van der Waals surface area contributed by atoms with Crippen LogP contribution in [0.15, 0.2) is 91.0 Å². The summed E-state index contributed by atoms with van der Waals surface area (Å²) in [6.45, 7) is 2.00. The average Bonchev–Trinajstić information content (AvgIpc) is 2.75. The molecule has 28 heavy (non-hydrogen) atoms. The summed E-state index contributed by atoms with van der Waals surface area (Å²) >= 11 is 0. The van der Waals surface area contributed by atoms with Gasteiger partial charge in [0.25, 0.3) is 0 Å². The molecule has 0 aromatic heterocycles. The summed E-state index contributed by atoms with van der Waals surface area (Å²) in [4.78, 5) is 25.9. The predicted molar refractivity (Wildman–Crippen MR) is 110 cm³/mol. The van der Waals surface area contributed by atoms with Gasteiger partial charge in [-0.3, -0.25) is 4.79 Å². The number of unbranched alkanes of at least 4 members (excludes halogenated alkanes) is 1. The molecule has 0 fully saturated rings. The van der Waals surface area contributed by atoms with Crippen molar-refractivity contribution in [1.82, 2.24) is 0 Å². The Kier molecular flexibility index (Phi) is 6.38. The topological polar surface area (TPSA) is 43.4 Å². The van der Waals surface area contributed by atoms with Crippen molar-refractivity contribution in [2.45, 2.75) is 31.6 Å². The van der Waals surface area contributed by atoms with Gasteiger partial charge in [-0.1, -0.05) is 104 Å². The van der Waals surface area contributed by atoms with Crippen LogP contribution < -0.4 is 0 Å². The maximum Gasteiger partial charge on any atom is 0.333 e. The molecule has 0 spiro atoms. The molecule has 0 amide bonds. The van der Waals surface area contributed by atoms with Crippen LogP contribution in [0.4, 0.5) is 0 Å². The number of ether oxygens (including phenoxy) is 1. The highest BCUT2D eigenvalue weighted by molar-refractivity contribution is 5.98. The number of carbonyl (C=O) groups excluding carboxylic acids is 2. The van der Waals surface area contributed by atoms with Crippen molar-refractivity contribution in [2.24, 2.45) is 0 Å². The Morgan fingerprint density at radius 3 is 1.46 bits per heavy atom. The minimum absolute atomic E-state index is 0.233. The van der Waals surface area contributed by atoms with Crippen molar-refractivity contribution < 1.29 is 14.3 Å². The van der Waals surface area contributed by atoms with Gasteiger partial charge >= 0.3 is 11.9 Å². The van der Waals surface area contributed by atoms with Crippen LogP contribution in [-0.2, 0) is 19.7 Å². The Bertz CT molecular complexity index is 806. The standard InChI is InChI=1S/C25H24O3/c1-2-3-19-23(26)28-24(27)25(20-13-7-4-8-14-20,21-15-9-5-10-16-21)22-17-11-6-12-18-22/h4-18H,2-3,19H2,1H3. The van der Waals surface area contributed by atoms with Crippen molar-refractivity contribution >= 4 is 11.9 Å². The molecule has 0 aliphatic heterocycles. The summed E-state index contributed by atoms with van der Waals surface area (Å²) < 4.78 is 5.40. The van der Waals surface area contributed by atoms with Crippen LogP contribution in [0.1, 0.15) is 42.9 Å². The molecule has 0 radical (unpaired) electrons. The lowest BCUT2D eigenvalue weighted by molar-refractivity contribution is -0.162. The number of rotatable bonds is 7. The van der Waals surface area contributed by atoms with Gasteiger partial charge in [0.05, 0.1) is 0 Å². The lowest BCUT2D eigenvalue weighted by Gasteiger charge is -2.33. The highest BCUT2D eigenvalue weighted by Crippen LogP contribution is 2.40. The third kappa shape index (κ3) is 3.89. The smallest absolute Gasteiger partial charge is 0.333 e. The molecule has 3 nitrogen and oxygen atoms in total. The zero-order chi connectivity index (χ0) is 19.8. The molecule has 3 rings (SSSR count). The van der Waals surface area contributed by atoms with E-state index >= 15 is 0 Å². The molecule has 3 aromatic rings. The lowest BCUT2D eigenvalue weighted by Crippen LogP contribution is -2.41. The first-order chi connectivity index (χ1) is 13.7. The third-order valence-electron chi connectivity index (χ3n) is 4.87. The predicted octanol–water partition coefficient (Wildman–Crippen LogP) is 5.28. The van der Waals surface area contributed by atoms with E-state index in [2.05, 4.69) is 0 Å². The van der Waals surface area contributed by atoms with Gasteiger partial charge in [0, 0.05) is 6.42 Å². The van der Waals surface area contributed by atoms with Crippen LogP contribution in [0.25, 0.3) is 0 Å². The molecule has 0 bridgehead atoms. The Morgan fingerprint density at radius 1 is 0.714 bits per heavy atom. The molecular weight excluding hydrogens is 348 g/mol. The van der Waals surface area contributed by atoms with Crippen LogP contribution in [0.2, 0.25) is 0 Å². The minimum Gasteiger partial charge on any atom is -0.392 e. The molecule has 0 saturated carbocycles. The van der Waals surface area contributed by atoms with E-state index in [1.807, 2.05) is 97.9 Å². The lowest BCUT2D eigenvalue weighted by atomic mass is 9.69. The van der Waals surface area contributed by atoms with Gasteiger partial charge in [-0.2, -0.15) is 0 Å². The Morgan fingerprint density at radius 2 is 1.11 bits per heavy atom. The van der Waals surface area contributed by atoms with Crippen molar-refractivity contribution in [1.29, 1.82) is 0 Å². The maximum absolute atomic E-state index is 13.6. The first kappa shape index (κ1) is 19.6. The van der Waals surface area contributed by atoms with Crippen molar-refractivity contribution in [3.63, 3.8) is 0 Å². The number of hydrogen-bond donors (Lipinski definition) is 0. The summed E-state index contributed by atoms with van der Waals surface area (Å²) in [5.41, 5.74) is 1.08. The van der Waals surface area contributed by atoms with E-state index in [-0.39, 0.29) is 6.42 Å². The Balaban J connectivity index is 2.19. The van der Waals surface area contributed by atoms with Crippen molar-refractivity contribution in [3.8, 4) is 0 Å². The van der Waals surface area contributed by atoms with E-state index in [0.29, 0.717) is 6.42 Å². The van der Waals surface area contributed by atoms with Crippen LogP contribution in [0.5, 0.6) is 0 Å². The van der Waals surface area contributed by atoms with Gasteiger partial charge in [-0.25, -0.2) is 4.79 Å². The monoisotopic (exact) mass is 372 g/mol. The quantitative estimate of drug-likeness (QED) is 0.322. The van der Waals surface area contributed by atoms with Gasteiger partial charge in [0.1, 0.15) is 5.41 Å². The summed E-state index contributed by atoms with van der Waals surface area (Å²) in [5.74, 6) is -1.06. The van der Waals surface area contributed by atoms with Gasteiger partial charge in [-0.05, 0) is 23.1 Å². The SMILES string of the molecule is CCCCC(=O)OC(=O)C(c1ccccc1)(c1ccccc1)c1ccccc1. The zero-order valence-electron chi connectivity index (χ0n) is 16.0. The van der Waals surface area contributed by atoms with Crippen molar-refractivity contribution in [2.75, 3.05) is 0 Å². The normalized spacial score (nSPS) is 11.0. The molecule has 0 heterocycles. The highest BCUT2D eigenvalue weighted by atomic mass is 16.6. The van der Waals surface area contributed by atoms with Crippen molar-refractivity contribution in [3.05, 3.63) is 108 Å². The molecule has 142 valence electrons. The average molecular weight is 372 g/mol. The first-order valence-corrected chi connectivity index (χ1v) is 9.61. The Hall–Kier alpha value is -3.20. The van der Waals surface area contributed by atoms with Gasteiger partial charge in [0.2, 0.25) is 0 Å². The van der Waals surface area contributed by atoms with E-state index < -0.39 is 17.4 Å². The molecular formula is C25H24O3. The first-order valence-electron chi connectivity index (χ1n) is 9.61. The van der Waals surface area contributed by atoms with Gasteiger partial charge in [-0.15, -0.1) is 0 Å². The summed E-state index contributed by atoms with van der Waals surface area (Å²) in [7, 11) is 0. The molecule has 0 unspecified atom stereocenters. The summed E-state index contributed by atoms with van der Waals surface area (Å²) in [6.07, 6.45) is 1.79. The second-order valence-electron chi connectivity index (χ2n) is 6.71. The molecule has 0 saturated heterocycles. The van der Waals surface area contributed by atoms with Crippen LogP contribution in [0.3, 0.4) is 0 Å². The zero-order valence-corrected chi connectivity index (χ0v) is 16.0. The number of benzene rings is 3. The minimum atomic E-state index is -1.22. The fraction of sp³-hybridized carbons (Fsp3) is 0.200. The fourth-order valence-corrected chi connectivity index (χ4v) is 3.47. The van der Waals surface area contributed by atoms with Gasteiger partial charge in [0.15, 0.2) is 0 Å². The van der Waals surface area contributed by atoms with E-state index in [1.54, 1.807) is 0 Å². The number of hydrogen-bond acceptors (Lipinski definition) is 3. The molecule has 0 atom stereocenters. The van der Waals surface area contributed by atoms with E-state index in [4.69, 9.17) is 4.74 Å². The summed E-state index contributed by atoms with van der Waals surface area (Å²) in [6, 6.07) is 28.5. The largest absolute Gasteiger partial charge is 0.392 e. The van der Waals surface area contributed by atoms with E-state index in [0.717, 1.165) is 23.1 Å². The maximum atomic E-state index is 13.6. The number of carbonyl (C=O) groups is 2. The van der Waals surface area contributed by atoms with E-state index in [9.17, 15) is 9.59 Å². The molecule has 3 heteroatoms. The molecule has 0 aliphatic carbocycles. The third-order valence-corrected chi connectivity index (χ3v) is 4.87. The fourth-order valence-electron chi connectivity index (χ4n) is 3.47. The molecule has 0 aliphatic rings. The molecule has 0 N–H and O–H groups in total. The Labute approximate surface area is 166 Å². The van der Waals surface area contributed by atoms with Crippen LogP contribution in [-0.4, -0.2) is 11.9 Å². The number of esters is 2.